The fourth-order valence-corrected chi connectivity index (χ4v) is 4.26. The lowest BCUT2D eigenvalue weighted by Gasteiger charge is -2.26. The smallest absolute Gasteiger partial charge is 0.276 e. The Morgan fingerprint density at radius 1 is 1.03 bits per heavy atom. The van der Waals surface area contributed by atoms with Crippen LogP contribution in [0.3, 0.4) is 0 Å². The van der Waals surface area contributed by atoms with Crippen molar-refractivity contribution in [2.24, 2.45) is 7.05 Å². The summed E-state index contributed by atoms with van der Waals surface area (Å²) in [4.78, 5) is 19.8. The standard InChI is InChI=1S/C24H26N6O2S.C4H8/c1-28(2)21(16-26-23-22-20(10-7-15-25-22)24(31)29(3)27-23)17-11-13-18(14-12-17)30(32)33-19-8-5-4-6-9-19;1-3-4-2/h4-15,21,32H,16H2,1-3H3,(H,26,27);3-4H,1-2H3/b;4-3-. The number of hydrogen-bond acceptors (Lipinski definition) is 8. The molecule has 1 unspecified atom stereocenters. The zero-order valence-corrected chi connectivity index (χ0v) is 22.7. The van der Waals surface area contributed by atoms with Gasteiger partial charge in [-0.15, -0.1) is 0 Å². The minimum Gasteiger partial charge on any atom is -0.365 e. The van der Waals surface area contributed by atoms with Gasteiger partial charge < -0.3 is 10.2 Å². The summed E-state index contributed by atoms with van der Waals surface area (Å²) in [6.45, 7) is 4.56. The van der Waals surface area contributed by atoms with Gasteiger partial charge in [-0.25, -0.2) is 4.68 Å². The number of anilines is 2. The topological polar surface area (TPSA) is 86.5 Å². The van der Waals surface area contributed by atoms with Crippen molar-refractivity contribution >= 4 is 34.4 Å². The number of rotatable bonds is 8. The van der Waals surface area contributed by atoms with Crippen LogP contribution in [0.4, 0.5) is 11.5 Å². The van der Waals surface area contributed by atoms with E-state index in [0.717, 1.165) is 14.9 Å². The molecule has 0 saturated carbocycles. The first kappa shape index (κ1) is 27.9. The van der Waals surface area contributed by atoms with E-state index in [0.29, 0.717) is 29.0 Å². The van der Waals surface area contributed by atoms with Gasteiger partial charge in [0.05, 0.1) is 17.1 Å². The Morgan fingerprint density at radius 2 is 1.70 bits per heavy atom. The Balaban J connectivity index is 0.000000886. The number of benzene rings is 2. The van der Waals surface area contributed by atoms with Gasteiger partial charge in [-0.2, -0.15) is 9.57 Å². The van der Waals surface area contributed by atoms with Gasteiger partial charge in [0, 0.05) is 36.6 Å². The Morgan fingerprint density at radius 3 is 2.32 bits per heavy atom. The summed E-state index contributed by atoms with van der Waals surface area (Å²) in [6, 6.07) is 21.0. The minimum absolute atomic E-state index is 0.0331. The van der Waals surface area contributed by atoms with E-state index >= 15 is 0 Å². The van der Waals surface area contributed by atoms with Crippen LogP contribution in [0.15, 0.2) is 94.8 Å². The number of pyridine rings is 1. The summed E-state index contributed by atoms with van der Waals surface area (Å²) < 4.78 is 2.49. The van der Waals surface area contributed by atoms with Gasteiger partial charge in [0.2, 0.25) is 0 Å². The fourth-order valence-electron chi connectivity index (χ4n) is 3.55. The normalized spacial score (nSPS) is 11.9. The average Bonchev–Trinajstić information content (AvgIpc) is 2.92. The van der Waals surface area contributed by atoms with Crippen LogP contribution in [-0.4, -0.2) is 45.5 Å². The second-order valence-corrected chi connectivity index (χ2v) is 9.47. The summed E-state index contributed by atoms with van der Waals surface area (Å²) in [6.07, 6.45) is 5.66. The molecule has 0 amide bonds. The molecule has 4 aromatic rings. The third-order valence-corrected chi connectivity index (χ3v) is 6.53. The summed E-state index contributed by atoms with van der Waals surface area (Å²) in [5, 5.41) is 18.7. The monoisotopic (exact) mass is 518 g/mol. The van der Waals surface area contributed by atoms with Crippen molar-refractivity contribution in [2.75, 3.05) is 30.4 Å². The molecule has 0 bridgehead atoms. The van der Waals surface area contributed by atoms with Crippen LogP contribution in [0.2, 0.25) is 0 Å². The van der Waals surface area contributed by atoms with Gasteiger partial charge in [-0.1, -0.05) is 42.5 Å². The number of fused-ring (bicyclic) bond motifs is 1. The van der Waals surface area contributed by atoms with Gasteiger partial charge in [0.15, 0.2) is 5.82 Å². The molecule has 0 aliphatic carbocycles. The molecule has 0 saturated heterocycles. The van der Waals surface area contributed by atoms with Crippen LogP contribution >= 0.6 is 11.9 Å². The second-order valence-electron chi connectivity index (χ2n) is 8.47. The quantitative estimate of drug-likeness (QED) is 0.179. The number of likely N-dealkylation sites (N-methyl/N-ethyl adjacent to an activating group) is 1. The molecule has 2 N–H and O–H groups in total. The Bertz CT molecular complexity index is 1350. The zero-order chi connectivity index (χ0) is 26.8. The predicted molar refractivity (Wildman–Crippen MR) is 153 cm³/mol. The number of aryl methyl sites for hydroxylation is 1. The van der Waals surface area contributed by atoms with E-state index in [9.17, 15) is 10.0 Å². The highest BCUT2D eigenvalue weighted by atomic mass is 32.2. The van der Waals surface area contributed by atoms with Gasteiger partial charge in [0.1, 0.15) is 5.52 Å². The lowest BCUT2D eigenvalue weighted by atomic mass is 10.1. The molecule has 0 aliphatic rings. The maximum absolute atomic E-state index is 12.3. The molecule has 194 valence electrons. The molecule has 0 spiro atoms. The van der Waals surface area contributed by atoms with E-state index in [4.69, 9.17) is 0 Å². The number of aromatic nitrogens is 3. The third-order valence-electron chi connectivity index (χ3n) is 5.66. The molecule has 4 rings (SSSR count). The molecule has 0 fully saturated rings. The van der Waals surface area contributed by atoms with Gasteiger partial charge >= 0.3 is 0 Å². The van der Waals surface area contributed by atoms with Crippen molar-refractivity contribution in [1.82, 2.24) is 19.7 Å². The van der Waals surface area contributed by atoms with Crippen molar-refractivity contribution in [3.63, 3.8) is 0 Å². The van der Waals surface area contributed by atoms with Crippen LogP contribution in [0.5, 0.6) is 0 Å². The lowest BCUT2D eigenvalue weighted by Crippen LogP contribution is -2.28. The van der Waals surface area contributed by atoms with Crippen LogP contribution in [0.1, 0.15) is 25.5 Å². The van der Waals surface area contributed by atoms with E-state index in [1.807, 2.05) is 94.7 Å². The molecule has 2 aromatic heterocycles. The van der Waals surface area contributed by atoms with Crippen LogP contribution in [0, 0.1) is 0 Å². The largest absolute Gasteiger partial charge is 0.365 e. The third kappa shape index (κ3) is 7.42. The first-order chi connectivity index (χ1) is 17.8. The van der Waals surface area contributed by atoms with Crippen molar-refractivity contribution < 1.29 is 5.21 Å². The van der Waals surface area contributed by atoms with Gasteiger partial charge in [-0.3, -0.25) is 15.0 Å². The van der Waals surface area contributed by atoms with Crippen molar-refractivity contribution in [3.05, 3.63) is 101 Å². The summed E-state index contributed by atoms with van der Waals surface area (Å²) in [7, 11) is 5.65. The van der Waals surface area contributed by atoms with Crippen molar-refractivity contribution in [3.8, 4) is 0 Å². The van der Waals surface area contributed by atoms with Crippen LogP contribution < -0.4 is 15.3 Å². The van der Waals surface area contributed by atoms with E-state index < -0.39 is 0 Å². The molecule has 0 radical (unpaired) electrons. The predicted octanol–water partition coefficient (Wildman–Crippen LogP) is 5.53. The number of nitrogens with zero attached hydrogens (tertiary/aromatic N) is 5. The average molecular weight is 519 g/mol. The molecule has 1 atom stereocenters. The summed E-state index contributed by atoms with van der Waals surface area (Å²) in [5.74, 6) is 0.567. The van der Waals surface area contributed by atoms with Crippen LogP contribution in [0.25, 0.3) is 10.9 Å². The molecular formula is C28H34N6O2S. The van der Waals surface area contributed by atoms with Crippen molar-refractivity contribution in [2.45, 2.75) is 24.8 Å². The van der Waals surface area contributed by atoms with E-state index in [1.54, 1.807) is 25.4 Å². The van der Waals surface area contributed by atoms with Gasteiger partial charge in [-0.05, 0) is 69.9 Å². The Kier molecular flexibility index (Phi) is 10.3. The van der Waals surface area contributed by atoms with E-state index in [1.165, 1.54) is 16.6 Å². The molecule has 2 heterocycles. The highest BCUT2D eigenvalue weighted by molar-refractivity contribution is 8.00. The lowest BCUT2D eigenvalue weighted by molar-refractivity contribution is 0.311. The van der Waals surface area contributed by atoms with E-state index in [-0.39, 0.29) is 11.6 Å². The maximum atomic E-state index is 12.3. The molecule has 8 nitrogen and oxygen atoms in total. The maximum Gasteiger partial charge on any atom is 0.276 e. The molecule has 37 heavy (non-hydrogen) atoms. The molecule has 2 aromatic carbocycles. The first-order valence-electron chi connectivity index (χ1n) is 12.0. The zero-order valence-electron chi connectivity index (χ0n) is 21.9. The summed E-state index contributed by atoms with van der Waals surface area (Å²) in [5.41, 5.74) is 2.15. The fraction of sp³-hybridized carbons (Fsp3) is 0.250. The Hall–Kier alpha value is -3.66. The first-order valence-corrected chi connectivity index (χ1v) is 12.7. The highest BCUT2D eigenvalue weighted by Gasteiger charge is 2.17. The molecular weight excluding hydrogens is 484 g/mol. The van der Waals surface area contributed by atoms with Crippen molar-refractivity contribution in [1.29, 1.82) is 0 Å². The number of allylic oxidation sites excluding steroid dienone is 2. The molecule has 9 heteroatoms. The SMILES string of the molecule is C/C=C\C.CN(C)C(CNc1nn(C)c(=O)c2cccnc12)c1ccc(N(O)Sc2ccccc2)cc1. The minimum atomic E-state index is -0.176. The van der Waals surface area contributed by atoms with E-state index in [2.05, 4.69) is 20.3 Å². The second kappa shape index (κ2) is 13.6. The number of nitrogens with one attached hydrogen (secondary N) is 1. The highest BCUT2D eigenvalue weighted by Crippen LogP contribution is 2.29. The number of hydrogen-bond donors (Lipinski definition) is 2. The van der Waals surface area contributed by atoms with Crippen LogP contribution in [-0.2, 0) is 7.05 Å². The Labute approximate surface area is 222 Å². The molecule has 0 aliphatic heterocycles. The van der Waals surface area contributed by atoms with Gasteiger partial charge in [0.25, 0.3) is 5.56 Å². The summed E-state index contributed by atoms with van der Waals surface area (Å²) >= 11 is 1.25.